The van der Waals surface area contributed by atoms with Gasteiger partial charge in [0, 0.05) is 17.3 Å². The molecule has 1 aromatic heterocycles. The molecule has 0 aliphatic heterocycles. The number of nitrogens with one attached hydrogen (secondary N) is 1. The fourth-order valence-corrected chi connectivity index (χ4v) is 2.39. The molecule has 0 fully saturated rings. The van der Waals surface area contributed by atoms with E-state index in [-0.39, 0.29) is 0 Å². The van der Waals surface area contributed by atoms with E-state index >= 15 is 0 Å². The predicted octanol–water partition coefficient (Wildman–Crippen LogP) is 2.30. The van der Waals surface area contributed by atoms with E-state index in [0.29, 0.717) is 5.95 Å². The zero-order valence-corrected chi connectivity index (χ0v) is 10.8. The van der Waals surface area contributed by atoms with Crippen molar-refractivity contribution in [3.8, 4) is 5.75 Å². The van der Waals surface area contributed by atoms with E-state index in [4.69, 9.17) is 10.5 Å². The van der Waals surface area contributed by atoms with Gasteiger partial charge in [-0.1, -0.05) is 6.07 Å². The maximum absolute atomic E-state index is 5.75. The summed E-state index contributed by atoms with van der Waals surface area (Å²) in [6.07, 6.45) is 3.09. The van der Waals surface area contributed by atoms with Gasteiger partial charge in [-0.05, 0) is 31.4 Å². The Balaban J connectivity index is 1.95. The zero-order chi connectivity index (χ0) is 13.2. The lowest BCUT2D eigenvalue weighted by atomic mass is 10.2. The quantitative estimate of drug-likeness (QED) is 0.881. The third-order valence-electron chi connectivity index (χ3n) is 3.28. The van der Waals surface area contributed by atoms with Crippen LogP contribution in [0.1, 0.15) is 17.7 Å². The third kappa shape index (κ3) is 2.31. The molecule has 3 N–H and O–H groups in total. The summed E-state index contributed by atoms with van der Waals surface area (Å²) in [6.45, 7) is 0. The number of rotatable bonds is 3. The topological polar surface area (TPSA) is 73.1 Å². The van der Waals surface area contributed by atoms with Gasteiger partial charge in [0.05, 0.1) is 12.8 Å². The number of hydrogen-bond acceptors (Lipinski definition) is 5. The average Bonchev–Trinajstić information content (AvgIpc) is 2.87. The van der Waals surface area contributed by atoms with Gasteiger partial charge in [-0.15, -0.1) is 0 Å². The number of aromatic nitrogens is 2. The van der Waals surface area contributed by atoms with E-state index in [2.05, 4.69) is 15.3 Å². The highest BCUT2D eigenvalue weighted by Gasteiger charge is 2.18. The summed E-state index contributed by atoms with van der Waals surface area (Å²) >= 11 is 0. The van der Waals surface area contributed by atoms with Crippen molar-refractivity contribution < 1.29 is 4.74 Å². The molecule has 1 aromatic carbocycles. The first-order chi connectivity index (χ1) is 9.26. The van der Waals surface area contributed by atoms with Crippen LogP contribution in [0.4, 0.5) is 17.5 Å². The van der Waals surface area contributed by atoms with Crippen LogP contribution in [0.15, 0.2) is 24.3 Å². The van der Waals surface area contributed by atoms with Gasteiger partial charge in [0.1, 0.15) is 11.6 Å². The van der Waals surface area contributed by atoms with Crippen molar-refractivity contribution in [1.29, 1.82) is 0 Å². The molecule has 0 unspecified atom stereocenters. The summed E-state index contributed by atoms with van der Waals surface area (Å²) in [5, 5.41) is 3.31. The van der Waals surface area contributed by atoms with Crippen molar-refractivity contribution in [2.24, 2.45) is 0 Å². The van der Waals surface area contributed by atoms with Gasteiger partial charge in [0.25, 0.3) is 0 Å². The number of methoxy groups -OCH3 is 1. The second kappa shape index (κ2) is 4.76. The molecule has 0 amide bonds. The summed E-state index contributed by atoms with van der Waals surface area (Å²) in [4.78, 5) is 8.60. The maximum Gasteiger partial charge on any atom is 0.222 e. The van der Waals surface area contributed by atoms with Crippen molar-refractivity contribution in [3.63, 3.8) is 0 Å². The molecule has 0 saturated carbocycles. The first-order valence-electron chi connectivity index (χ1n) is 6.32. The number of aryl methyl sites for hydroxylation is 1. The minimum absolute atomic E-state index is 0.325. The fourth-order valence-electron chi connectivity index (χ4n) is 2.39. The lowest BCUT2D eigenvalue weighted by molar-refractivity contribution is 0.415. The number of fused-ring (bicyclic) bond motifs is 1. The van der Waals surface area contributed by atoms with Crippen molar-refractivity contribution in [3.05, 3.63) is 35.5 Å². The number of nitrogens with two attached hydrogens (primary N) is 1. The lowest BCUT2D eigenvalue weighted by Gasteiger charge is -2.11. The Kier molecular flexibility index (Phi) is 2.95. The molecule has 5 heteroatoms. The third-order valence-corrected chi connectivity index (χ3v) is 3.28. The van der Waals surface area contributed by atoms with Gasteiger partial charge in [0.2, 0.25) is 5.95 Å². The van der Waals surface area contributed by atoms with E-state index in [1.165, 1.54) is 5.56 Å². The Morgan fingerprint density at radius 3 is 3.00 bits per heavy atom. The maximum atomic E-state index is 5.75. The molecule has 2 aromatic rings. The monoisotopic (exact) mass is 256 g/mol. The molecule has 1 aliphatic rings. The van der Waals surface area contributed by atoms with E-state index in [1.807, 2.05) is 24.3 Å². The van der Waals surface area contributed by atoms with Gasteiger partial charge in [-0.25, -0.2) is 4.98 Å². The van der Waals surface area contributed by atoms with Crippen LogP contribution in [0.2, 0.25) is 0 Å². The molecule has 0 bridgehead atoms. The second-order valence-corrected chi connectivity index (χ2v) is 4.57. The summed E-state index contributed by atoms with van der Waals surface area (Å²) in [6, 6.07) is 7.75. The van der Waals surface area contributed by atoms with Crippen molar-refractivity contribution in [2.45, 2.75) is 19.3 Å². The number of hydrogen-bond donors (Lipinski definition) is 2. The average molecular weight is 256 g/mol. The Hall–Kier alpha value is -2.30. The molecule has 5 nitrogen and oxygen atoms in total. The van der Waals surface area contributed by atoms with Crippen LogP contribution in [0.3, 0.4) is 0 Å². The summed E-state index contributed by atoms with van der Waals surface area (Å²) < 4.78 is 5.21. The number of benzene rings is 1. The SMILES string of the molecule is COc1cccc(Nc2nc(N)nc3c2CCC3)c1. The summed E-state index contributed by atoms with van der Waals surface area (Å²) in [5.74, 6) is 1.95. The molecule has 1 aliphatic carbocycles. The molecule has 0 saturated heterocycles. The molecule has 1 heterocycles. The Labute approximate surface area is 111 Å². The summed E-state index contributed by atoms with van der Waals surface area (Å²) in [5.41, 5.74) is 8.94. The number of ether oxygens (including phenoxy) is 1. The largest absolute Gasteiger partial charge is 0.497 e. The highest BCUT2D eigenvalue weighted by Crippen LogP contribution is 2.29. The summed E-state index contributed by atoms with van der Waals surface area (Å²) in [7, 11) is 1.65. The van der Waals surface area contributed by atoms with Crippen LogP contribution >= 0.6 is 0 Å². The van der Waals surface area contributed by atoms with E-state index in [0.717, 1.165) is 42.2 Å². The van der Waals surface area contributed by atoms with Crippen molar-refractivity contribution in [1.82, 2.24) is 9.97 Å². The van der Waals surface area contributed by atoms with Gasteiger partial charge in [-0.3, -0.25) is 0 Å². The minimum Gasteiger partial charge on any atom is -0.497 e. The van der Waals surface area contributed by atoms with Crippen LogP contribution in [-0.4, -0.2) is 17.1 Å². The molecular formula is C14H16N4O. The molecule has 0 spiro atoms. The van der Waals surface area contributed by atoms with Crippen LogP contribution in [0, 0.1) is 0 Å². The molecule has 0 atom stereocenters. The molecule has 0 radical (unpaired) electrons. The standard InChI is InChI=1S/C14H16N4O/c1-19-10-5-2-4-9(8-10)16-13-11-6-3-7-12(11)17-14(15)18-13/h2,4-5,8H,3,6-7H2,1H3,(H3,15,16,17,18). The fraction of sp³-hybridized carbons (Fsp3) is 0.286. The Morgan fingerprint density at radius 1 is 1.26 bits per heavy atom. The van der Waals surface area contributed by atoms with Crippen LogP contribution in [0.25, 0.3) is 0 Å². The number of nitrogen functional groups attached to an aromatic ring is 1. The lowest BCUT2D eigenvalue weighted by Crippen LogP contribution is -2.05. The molecule has 98 valence electrons. The highest BCUT2D eigenvalue weighted by molar-refractivity contribution is 5.63. The van der Waals surface area contributed by atoms with Crippen LogP contribution < -0.4 is 15.8 Å². The van der Waals surface area contributed by atoms with Crippen LogP contribution in [-0.2, 0) is 12.8 Å². The molecular weight excluding hydrogens is 240 g/mol. The number of anilines is 3. The van der Waals surface area contributed by atoms with Crippen molar-refractivity contribution in [2.75, 3.05) is 18.2 Å². The normalized spacial score (nSPS) is 13.1. The van der Waals surface area contributed by atoms with Gasteiger partial charge in [-0.2, -0.15) is 4.98 Å². The van der Waals surface area contributed by atoms with E-state index in [1.54, 1.807) is 7.11 Å². The first-order valence-corrected chi connectivity index (χ1v) is 6.32. The van der Waals surface area contributed by atoms with Crippen molar-refractivity contribution >= 4 is 17.5 Å². The van der Waals surface area contributed by atoms with E-state index < -0.39 is 0 Å². The van der Waals surface area contributed by atoms with Gasteiger partial charge >= 0.3 is 0 Å². The van der Waals surface area contributed by atoms with Gasteiger partial charge in [0.15, 0.2) is 0 Å². The minimum atomic E-state index is 0.325. The van der Waals surface area contributed by atoms with E-state index in [9.17, 15) is 0 Å². The predicted molar refractivity (Wildman–Crippen MR) is 74.7 cm³/mol. The Morgan fingerprint density at radius 2 is 2.16 bits per heavy atom. The smallest absolute Gasteiger partial charge is 0.222 e. The number of nitrogens with zero attached hydrogens (tertiary/aromatic N) is 2. The molecule has 19 heavy (non-hydrogen) atoms. The zero-order valence-electron chi connectivity index (χ0n) is 10.8. The molecule has 3 rings (SSSR count). The second-order valence-electron chi connectivity index (χ2n) is 4.57. The highest BCUT2D eigenvalue weighted by atomic mass is 16.5. The van der Waals surface area contributed by atoms with Crippen LogP contribution in [0.5, 0.6) is 5.75 Å². The Bertz CT molecular complexity index is 612. The van der Waals surface area contributed by atoms with Gasteiger partial charge < -0.3 is 15.8 Å². The first kappa shape index (κ1) is 11.8.